The predicted molar refractivity (Wildman–Crippen MR) is 78.7 cm³/mol. The van der Waals surface area contributed by atoms with Gasteiger partial charge in [0.2, 0.25) is 5.89 Å². The van der Waals surface area contributed by atoms with Gasteiger partial charge in [-0.05, 0) is 31.2 Å². The van der Waals surface area contributed by atoms with E-state index in [0.29, 0.717) is 22.5 Å². The van der Waals surface area contributed by atoms with Crippen molar-refractivity contribution in [3.8, 4) is 5.75 Å². The number of hydrogen-bond acceptors (Lipinski definition) is 6. The number of aryl methyl sites for hydroxylation is 1. The van der Waals surface area contributed by atoms with Crippen molar-refractivity contribution in [1.82, 2.24) is 15.5 Å². The van der Waals surface area contributed by atoms with Gasteiger partial charge in [0.1, 0.15) is 10.7 Å². The van der Waals surface area contributed by atoms with Crippen molar-refractivity contribution in [1.29, 1.82) is 0 Å². The van der Waals surface area contributed by atoms with E-state index < -0.39 is 0 Å². The number of rotatable bonds is 6. The van der Waals surface area contributed by atoms with Crippen LogP contribution >= 0.6 is 12.2 Å². The first-order valence-electron chi connectivity index (χ1n) is 6.13. The SMILES string of the molecule is Cc1noc(CNC(=O)COc2ccc(C(N)=S)cc2)n1. The van der Waals surface area contributed by atoms with E-state index in [9.17, 15) is 4.79 Å². The van der Waals surface area contributed by atoms with Crippen molar-refractivity contribution >= 4 is 23.1 Å². The number of ether oxygens (including phenoxy) is 1. The number of thiocarbonyl (C=S) groups is 1. The highest BCUT2D eigenvalue weighted by atomic mass is 32.1. The lowest BCUT2D eigenvalue weighted by atomic mass is 10.2. The van der Waals surface area contributed by atoms with Crippen LogP contribution in [0.5, 0.6) is 5.75 Å². The van der Waals surface area contributed by atoms with E-state index >= 15 is 0 Å². The van der Waals surface area contributed by atoms with Crippen molar-refractivity contribution < 1.29 is 14.1 Å². The largest absolute Gasteiger partial charge is 0.484 e. The number of carbonyl (C=O) groups is 1. The molecular formula is C13H14N4O3S. The molecule has 0 aliphatic heterocycles. The normalized spacial score (nSPS) is 10.1. The molecule has 21 heavy (non-hydrogen) atoms. The molecule has 0 saturated heterocycles. The highest BCUT2D eigenvalue weighted by molar-refractivity contribution is 7.80. The minimum absolute atomic E-state index is 0.112. The number of carbonyl (C=O) groups excluding carboxylic acids is 1. The summed E-state index contributed by atoms with van der Waals surface area (Å²) in [6.07, 6.45) is 0. The molecule has 2 rings (SSSR count). The summed E-state index contributed by atoms with van der Waals surface area (Å²) in [6, 6.07) is 6.86. The number of nitrogens with zero attached hydrogens (tertiary/aromatic N) is 2. The molecule has 0 aliphatic rings. The fourth-order valence-corrected chi connectivity index (χ4v) is 1.64. The molecule has 1 aromatic carbocycles. The molecule has 0 bridgehead atoms. The summed E-state index contributed by atoms with van der Waals surface area (Å²) >= 11 is 4.85. The van der Waals surface area contributed by atoms with Crippen molar-refractivity contribution in [2.45, 2.75) is 13.5 Å². The lowest BCUT2D eigenvalue weighted by molar-refractivity contribution is -0.123. The number of benzene rings is 1. The smallest absolute Gasteiger partial charge is 0.258 e. The Bertz CT molecular complexity index is 639. The Morgan fingerprint density at radius 2 is 2.14 bits per heavy atom. The first-order valence-corrected chi connectivity index (χ1v) is 6.54. The van der Waals surface area contributed by atoms with E-state index in [-0.39, 0.29) is 19.1 Å². The highest BCUT2D eigenvalue weighted by Gasteiger charge is 2.07. The number of hydrogen-bond donors (Lipinski definition) is 2. The van der Waals surface area contributed by atoms with Crippen LogP contribution in [0.4, 0.5) is 0 Å². The molecular weight excluding hydrogens is 292 g/mol. The van der Waals surface area contributed by atoms with Gasteiger partial charge in [-0.3, -0.25) is 4.79 Å². The molecule has 0 unspecified atom stereocenters. The molecule has 1 aromatic heterocycles. The summed E-state index contributed by atoms with van der Waals surface area (Å²) in [5.74, 6) is 1.14. The molecule has 7 nitrogen and oxygen atoms in total. The highest BCUT2D eigenvalue weighted by Crippen LogP contribution is 2.11. The average Bonchev–Trinajstić information content (AvgIpc) is 2.89. The zero-order chi connectivity index (χ0) is 15.2. The Morgan fingerprint density at radius 1 is 1.43 bits per heavy atom. The third-order valence-electron chi connectivity index (χ3n) is 2.52. The Morgan fingerprint density at radius 3 is 2.71 bits per heavy atom. The topological polar surface area (TPSA) is 103 Å². The molecule has 8 heteroatoms. The summed E-state index contributed by atoms with van der Waals surface area (Å²) in [5.41, 5.74) is 6.23. The van der Waals surface area contributed by atoms with Gasteiger partial charge in [0, 0.05) is 5.56 Å². The van der Waals surface area contributed by atoms with Crippen LogP contribution in [-0.4, -0.2) is 27.6 Å². The van der Waals surface area contributed by atoms with Gasteiger partial charge < -0.3 is 20.3 Å². The Labute approximate surface area is 126 Å². The summed E-state index contributed by atoms with van der Waals surface area (Å²) in [7, 11) is 0. The zero-order valence-electron chi connectivity index (χ0n) is 11.3. The van der Waals surface area contributed by atoms with Crippen LogP contribution in [0.1, 0.15) is 17.3 Å². The quantitative estimate of drug-likeness (QED) is 0.757. The van der Waals surface area contributed by atoms with Crippen molar-refractivity contribution in [2.24, 2.45) is 5.73 Å². The summed E-state index contributed by atoms with van der Waals surface area (Å²) in [5, 5.41) is 6.23. The molecule has 3 N–H and O–H groups in total. The molecule has 0 fully saturated rings. The number of nitrogens with two attached hydrogens (primary N) is 1. The Kier molecular flexibility index (Phi) is 4.83. The van der Waals surface area contributed by atoms with Crippen molar-refractivity contribution in [2.75, 3.05) is 6.61 Å². The van der Waals surface area contributed by atoms with Crippen LogP contribution in [0.25, 0.3) is 0 Å². The minimum atomic E-state index is -0.288. The number of amides is 1. The van der Waals surface area contributed by atoms with E-state index in [0.717, 1.165) is 5.56 Å². The van der Waals surface area contributed by atoms with Gasteiger partial charge in [-0.1, -0.05) is 17.4 Å². The zero-order valence-corrected chi connectivity index (χ0v) is 12.1. The second kappa shape index (κ2) is 6.80. The minimum Gasteiger partial charge on any atom is -0.484 e. The third-order valence-corrected chi connectivity index (χ3v) is 2.75. The van der Waals surface area contributed by atoms with Crippen molar-refractivity contribution in [3.05, 3.63) is 41.5 Å². The maximum atomic E-state index is 11.6. The Balaban J connectivity index is 1.77. The molecule has 0 radical (unpaired) electrons. The molecule has 1 amide bonds. The molecule has 110 valence electrons. The van der Waals surface area contributed by atoms with Crippen molar-refractivity contribution in [3.63, 3.8) is 0 Å². The van der Waals surface area contributed by atoms with Gasteiger partial charge in [-0.25, -0.2) is 0 Å². The molecule has 1 heterocycles. The molecule has 2 aromatic rings. The molecule has 0 atom stereocenters. The fourth-order valence-electron chi connectivity index (χ4n) is 1.50. The lowest BCUT2D eigenvalue weighted by Gasteiger charge is -2.06. The number of aromatic nitrogens is 2. The van der Waals surface area contributed by atoms with Crippen LogP contribution < -0.4 is 15.8 Å². The van der Waals surface area contributed by atoms with Gasteiger partial charge in [0.15, 0.2) is 12.4 Å². The van der Waals surface area contributed by atoms with Gasteiger partial charge in [-0.15, -0.1) is 0 Å². The van der Waals surface area contributed by atoms with Gasteiger partial charge in [0.05, 0.1) is 6.54 Å². The van der Waals surface area contributed by atoms with Gasteiger partial charge in [-0.2, -0.15) is 4.98 Å². The molecule has 0 saturated carbocycles. The average molecular weight is 306 g/mol. The van der Waals surface area contributed by atoms with Crippen LogP contribution in [-0.2, 0) is 11.3 Å². The van der Waals surface area contributed by atoms with E-state index in [1.54, 1.807) is 31.2 Å². The lowest BCUT2D eigenvalue weighted by Crippen LogP contribution is -2.28. The van der Waals surface area contributed by atoms with E-state index in [4.69, 9.17) is 27.2 Å². The maximum absolute atomic E-state index is 11.6. The van der Waals surface area contributed by atoms with Crippen LogP contribution in [0.2, 0.25) is 0 Å². The monoisotopic (exact) mass is 306 g/mol. The summed E-state index contributed by atoms with van der Waals surface area (Å²) in [4.78, 5) is 15.9. The van der Waals surface area contributed by atoms with E-state index in [1.807, 2.05) is 0 Å². The fraction of sp³-hybridized carbons (Fsp3) is 0.231. The summed E-state index contributed by atoms with van der Waals surface area (Å²) < 4.78 is 10.2. The molecule has 0 spiro atoms. The van der Waals surface area contributed by atoms with Crippen LogP contribution in [0.3, 0.4) is 0 Å². The molecule has 0 aliphatic carbocycles. The number of nitrogens with one attached hydrogen (secondary N) is 1. The van der Waals surface area contributed by atoms with Gasteiger partial charge >= 0.3 is 0 Å². The predicted octanol–water partition coefficient (Wildman–Crippen LogP) is 0.707. The Hall–Kier alpha value is -2.48. The second-order valence-corrected chi connectivity index (χ2v) is 4.63. The van der Waals surface area contributed by atoms with E-state index in [2.05, 4.69) is 15.5 Å². The first kappa shape index (κ1) is 14.9. The maximum Gasteiger partial charge on any atom is 0.258 e. The van der Waals surface area contributed by atoms with Crippen LogP contribution in [0, 0.1) is 6.92 Å². The second-order valence-electron chi connectivity index (χ2n) is 4.19. The summed E-state index contributed by atoms with van der Waals surface area (Å²) in [6.45, 7) is 1.76. The first-order chi connectivity index (χ1) is 10.0. The third kappa shape index (κ3) is 4.53. The van der Waals surface area contributed by atoms with Crippen LogP contribution in [0.15, 0.2) is 28.8 Å². The van der Waals surface area contributed by atoms with Gasteiger partial charge in [0.25, 0.3) is 5.91 Å². The standard InChI is InChI=1S/C13H14N4O3S/c1-8-16-12(20-17-8)6-15-11(18)7-19-10-4-2-9(3-5-10)13(14)21/h2-5H,6-7H2,1H3,(H2,14,21)(H,15,18). The van der Waals surface area contributed by atoms with E-state index in [1.165, 1.54) is 0 Å².